The van der Waals surface area contributed by atoms with Crippen LogP contribution in [0.4, 0.5) is 0 Å². The zero-order valence-electron chi connectivity index (χ0n) is 10.9. The molecule has 1 saturated heterocycles. The highest BCUT2D eigenvalue weighted by atomic mass is 32.2. The van der Waals surface area contributed by atoms with Gasteiger partial charge in [0.15, 0.2) is 9.84 Å². The SMILES string of the molecule is O=S1(=O)c2ccccc2[C@@H]2CN(Cc3ccco3)C[C@@H]21. The summed E-state index contributed by atoms with van der Waals surface area (Å²) in [5.41, 5.74) is 0.986. The van der Waals surface area contributed by atoms with Crippen molar-refractivity contribution in [2.75, 3.05) is 13.1 Å². The lowest BCUT2D eigenvalue weighted by Crippen LogP contribution is -2.25. The van der Waals surface area contributed by atoms with Crippen LogP contribution >= 0.6 is 0 Å². The third-order valence-corrected chi connectivity index (χ3v) is 6.58. The van der Waals surface area contributed by atoms with Gasteiger partial charge in [0.05, 0.1) is 23.0 Å². The largest absolute Gasteiger partial charge is 0.468 e. The van der Waals surface area contributed by atoms with Crippen LogP contribution in [0.15, 0.2) is 52.0 Å². The number of rotatable bonds is 2. The topological polar surface area (TPSA) is 50.5 Å². The maximum absolute atomic E-state index is 12.6. The molecule has 0 aliphatic carbocycles. The first-order valence-corrected chi connectivity index (χ1v) is 8.28. The molecule has 20 heavy (non-hydrogen) atoms. The fourth-order valence-corrected chi connectivity index (χ4v) is 5.64. The Morgan fingerprint density at radius 3 is 2.80 bits per heavy atom. The molecule has 0 spiro atoms. The van der Waals surface area contributed by atoms with E-state index in [0.717, 1.165) is 17.9 Å². The maximum atomic E-state index is 12.6. The average molecular weight is 289 g/mol. The number of fused-ring (bicyclic) bond motifs is 3. The molecule has 4 rings (SSSR count). The molecule has 0 saturated carbocycles. The minimum Gasteiger partial charge on any atom is -0.468 e. The lowest BCUT2D eigenvalue weighted by atomic mass is 9.99. The van der Waals surface area contributed by atoms with E-state index in [1.165, 1.54) is 0 Å². The molecule has 1 fully saturated rings. The second-order valence-corrected chi connectivity index (χ2v) is 7.64. The zero-order chi connectivity index (χ0) is 13.7. The Bertz CT molecular complexity index is 736. The van der Waals surface area contributed by atoms with Crippen molar-refractivity contribution in [3.63, 3.8) is 0 Å². The number of hydrogen-bond donors (Lipinski definition) is 0. The van der Waals surface area contributed by atoms with E-state index < -0.39 is 9.84 Å². The summed E-state index contributed by atoms with van der Waals surface area (Å²) >= 11 is 0. The van der Waals surface area contributed by atoms with Crippen LogP contribution in [-0.2, 0) is 16.4 Å². The summed E-state index contributed by atoms with van der Waals surface area (Å²) in [6.07, 6.45) is 1.65. The van der Waals surface area contributed by atoms with Gasteiger partial charge >= 0.3 is 0 Å². The summed E-state index contributed by atoms with van der Waals surface area (Å²) in [5, 5.41) is -0.296. The summed E-state index contributed by atoms with van der Waals surface area (Å²) in [6, 6.07) is 11.2. The smallest absolute Gasteiger partial charge is 0.183 e. The van der Waals surface area contributed by atoms with Crippen LogP contribution < -0.4 is 0 Å². The molecular formula is C15H15NO3S. The highest BCUT2D eigenvalue weighted by Gasteiger charge is 2.49. The molecule has 3 heterocycles. The van der Waals surface area contributed by atoms with Crippen molar-refractivity contribution in [1.82, 2.24) is 4.90 Å². The van der Waals surface area contributed by atoms with Gasteiger partial charge in [-0.3, -0.25) is 4.90 Å². The normalized spacial score (nSPS) is 27.4. The monoisotopic (exact) mass is 289 g/mol. The summed E-state index contributed by atoms with van der Waals surface area (Å²) in [5.74, 6) is 0.988. The van der Waals surface area contributed by atoms with Crippen LogP contribution in [0.25, 0.3) is 0 Å². The minimum absolute atomic E-state index is 0.103. The third kappa shape index (κ3) is 1.66. The molecule has 5 heteroatoms. The number of sulfone groups is 1. The molecule has 2 aromatic rings. The van der Waals surface area contributed by atoms with Crippen LogP contribution in [-0.4, -0.2) is 31.7 Å². The van der Waals surface area contributed by atoms with Gasteiger partial charge in [0.1, 0.15) is 5.76 Å². The van der Waals surface area contributed by atoms with Gasteiger partial charge in [-0.15, -0.1) is 0 Å². The van der Waals surface area contributed by atoms with E-state index in [9.17, 15) is 8.42 Å². The zero-order valence-corrected chi connectivity index (χ0v) is 11.7. The van der Waals surface area contributed by atoms with E-state index in [-0.39, 0.29) is 11.2 Å². The molecule has 2 aliphatic heterocycles. The molecule has 2 aliphatic rings. The maximum Gasteiger partial charge on any atom is 0.183 e. The summed E-state index contributed by atoms with van der Waals surface area (Å²) < 4.78 is 30.5. The van der Waals surface area contributed by atoms with Gasteiger partial charge in [-0.05, 0) is 23.8 Å². The predicted molar refractivity (Wildman–Crippen MR) is 74.1 cm³/mol. The molecule has 4 nitrogen and oxygen atoms in total. The van der Waals surface area contributed by atoms with E-state index in [1.807, 2.05) is 24.3 Å². The first-order chi connectivity index (χ1) is 9.66. The molecule has 2 atom stereocenters. The van der Waals surface area contributed by atoms with Crippen LogP contribution in [0.1, 0.15) is 17.2 Å². The lowest BCUT2D eigenvalue weighted by molar-refractivity contribution is 0.293. The Hall–Kier alpha value is -1.59. The Morgan fingerprint density at radius 1 is 1.15 bits per heavy atom. The molecule has 0 unspecified atom stereocenters. The highest BCUT2D eigenvalue weighted by Crippen LogP contribution is 2.44. The van der Waals surface area contributed by atoms with Gasteiger partial charge in [-0.2, -0.15) is 0 Å². The Balaban J connectivity index is 1.66. The molecule has 104 valence electrons. The van der Waals surface area contributed by atoms with Crippen molar-refractivity contribution in [2.24, 2.45) is 0 Å². The van der Waals surface area contributed by atoms with Crippen LogP contribution in [0.2, 0.25) is 0 Å². The molecule has 0 radical (unpaired) electrons. The quantitative estimate of drug-likeness (QED) is 0.849. The number of nitrogens with zero attached hydrogens (tertiary/aromatic N) is 1. The number of benzene rings is 1. The second kappa shape index (κ2) is 4.20. The Labute approximate surface area is 117 Å². The van der Waals surface area contributed by atoms with E-state index in [0.29, 0.717) is 18.0 Å². The summed E-state index contributed by atoms with van der Waals surface area (Å²) in [7, 11) is -3.17. The Morgan fingerprint density at radius 2 is 2.00 bits per heavy atom. The van der Waals surface area contributed by atoms with E-state index in [1.54, 1.807) is 18.4 Å². The van der Waals surface area contributed by atoms with Crippen molar-refractivity contribution in [2.45, 2.75) is 22.6 Å². The first kappa shape index (κ1) is 12.2. The van der Waals surface area contributed by atoms with Gasteiger partial charge in [0, 0.05) is 19.0 Å². The van der Waals surface area contributed by atoms with Crippen molar-refractivity contribution in [3.8, 4) is 0 Å². The number of hydrogen-bond acceptors (Lipinski definition) is 4. The number of likely N-dealkylation sites (tertiary alicyclic amines) is 1. The average Bonchev–Trinajstić information content (AvgIpc) is 3.12. The van der Waals surface area contributed by atoms with Gasteiger partial charge in [0.2, 0.25) is 0 Å². The van der Waals surface area contributed by atoms with Gasteiger partial charge in [0.25, 0.3) is 0 Å². The fourth-order valence-electron chi connectivity index (χ4n) is 3.43. The van der Waals surface area contributed by atoms with Crippen LogP contribution in [0.5, 0.6) is 0 Å². The third-order valence-electron chi connectivity index (χ3n) is 4.32. The molecular weight excluding hydrogens is 274 g/mol. The molecule has 1 aromatic heterocycles. The van der Waals surface area contributed by atoms with E-state index in [2.05, 4.69) is 4.90 Å². The molecule has 1 aromatic carbocycles. The standard InChI is InChI=1S/C15H15NO3S/c17-20(18)14-6-2-1-5-12(14)13-9-16(10-15(13)20)8-11-4-3-7-19-11/h1-7,13,15H,8-10H2/t13-,15-/m0/s1. The lowest BCUT2D eigenvalue weighted by Gasteiger charge is -2.15. The second-order valence-electron chi connectivity index (χ2n) is 5.50. The first-order valence-electron chi connectivity index (χ1n) is 6.74. The Kier molecular flexibility index (Phi) is 2.56. The van der Waals surface area contributed by atoms with Crippen molar-refractivity contribution in [3.05, 3.63) is 54.0 Å². The summed E-state index contributed by atoms with van der Waals surface area (Å²) in [4.78, 5) is 2.70. The molecule has 0 bridgehead atoms. The minimum atomic E-state index is -3.17. The van der Waals surface area contributed by atoms with Gasteiger partial charge < -0.3 is 4.42 Å². The van der Waals surface area contributed by atoms with Crippen molar-refractivity contribution < 1.29 is 12.8 Å². The van der Waals surface area contributed by atoms with E-state index in [4.69, 9.17) is 4.42 Å². The van der Waals surface area contributed by atoms with Crippen LogP contribution in [0, 0.1) is 0 Å². The number of furan rings is 1. The predicted octanol–water partition coefficient (Wildman–Crippen LogP) is 2.03. The molecule has 0 amide bonds. The van der Waals surface area contributed by atoms with Crippen LogP contribution in [0.3, 0.4) is 0 Å². The highest BCUT2D eigenvalue weighted by molar-refractivity contribution is 7.92. The molecule has 0 N–H and O–H groups in total. The van der Waals surface area contributed by atoms with Crippen molar-refractivity contribution in [1.29, 1.82) is 0 Å². The van der Waals surface area contributed by atoms with E-state index >= 15 is 0 Å². The van der Waals surface area contributed by atoms with Gasteiger partial charge in [-0.1, -0.05) is 18.2 Å². The fraction of sp³-hybridized carbons (Fsp3) is 0.333. The van der Waals surface area contributed by atoms with Crippen molar-refractivity contribution >= 4 is 9.84 Å². The van der Waals surface area contributed by atoms with Gasteiger partial charge in [-0.25, -0.2) is 8.42 Å². The summed E-state index contributed by atoms with van der Waals surface area (Å²) in [6.45, 7) is 2.04.